The number of aldehydes is 1. The van der Waals surface area contributed by atoms with Crippen molar-refractivity contribution in [2.24, 2.45) is 11.7 Å². The van der Waals surface area contributed by atoms with Gasteiger partial charge in [0, 0.05) is 12.1 Å². The van der Waals surface area contributed by atoms with Crippen LogP contribution in [0.4, 0.5) is 0 Å². The summed E-state index contributed by atoms with van der Waals surface area (Å²) in [6.07, 6.45) is 6.49. The van der Waals surface area contributed by atoms with Gasteiger partial charge in [-0.05, 0) is 36.3 Å². The molecular formula is C15H28N2OS. The van der Waals surface area contributed by atoms with Crippen LogP contribution in [0.1, 0.15) is 26.7 Å². The zero-order valence-electron chi connectivity index (χ0n) is 12.4. The largest absolute Gasteiger partial charge is 0.324 e. The summed E-state index contributed by atoms with van der Waals surface area (Å²) in [5.74, 6) is 1.47. The van der Waals surface area contributed by atoms with E-state index in [1.165, 1.54) is 0 Å². The SMILES string of the molecule is C=C[C@H](N[C@H](C=O)CC(C)C)C(=C)[C@@H](N)CCSC. The van der Waals surface area contributed by atoms with Crippen molar-refractivity contribution in [3.63, 3.8) is 0 Å². The highest BCUT2D eigenvalue weighted by molar-refractivity contribution is 7.98. The summed E-state index contributed by atoms with van der Waals surface area (Å²) >= 11 is 1.77. The van der Waals surface area contributed by atoms with Crippen molar-refractivity contribution in [2.75, 3.05) is 12.0 Å². The summed E-state index contributed by atoms with van der Waals surface area (Å²) in [6, 6.07) is -0.340. The Bertz CT molecular complexity index is 292. The van der Waals surface area contributed by atoms with Crippen LogP contribution in [0.2, 0.25) is 0 Å². The molecule has 0 aliphatic carbocycles. The van der Waals surface area contributed by atoms with E-state index in [1.54, 1.807) is 17.8 Å². The highest BCUT2D eigenvalue weighted by atomic mass is 32.2. The van der Waals surface area contributed by atoms with Gasteiger partial charge in [-0.25, -0.2) is 0 Å². The van der Waals surface area contributed by atoms with Gasteiger partial charge in [-0.1, -0.05) is 26.5 Å². The lowest BCUT2D eigenvalue weighted by molar-refractivity contribution is -0.110. The van der Waals surface area contributed by atoms with Crippen molar-refractivity contribution in [3.05, 3.63) is 24.8 Å². The summed E-state index contributed by atoms with van der Waals surface area (Å²) < 4.78 is 0. The van der Waals surface area contributed by atoms with Crippen molar-refractivity contribution in [2.45, 2.75) is 44.8 Å². The van der Waals surface area contributed by atoms with E-state index >= 15 is 0 Å². The minimum Gasteiger partial charge on any atom is -0.324 e. The maximum absolute atomic E-state index is 11.1. The Labute approximate surface area is 122 Å². The summed E-state index contributed by atoms with van der Waals surface area (Å²) in [6.45, 7) is 12.1. The number of rotatable bonds is 11. The van der Waals surface area contributed by atoms with Crippen molar-refractivity contribution in [1.29, 1.82) is 0 Å². The molecule has 3 atom stereocenters. The van der Waals surface area contributed by atoms with Crippen molar-refractivity contribution in [1.82, 2.24) is 5.32 Å². The second kappa shape index (κ2) is 10.2. The Morgan fingerprint density at radius 2 is 2.11 bits per heavy atom. The number of nitrogens with two attached hydrogens (primary N) is 1. The van der Waals surface area contributed by atoms with E-state index in [0.717, 1.165) is 30.5 Å². The van der Waals surface area contributed by atoms with Gasteiger partial charge in [0.2, 0.25) is 0 Å². The molecule has 0 saturated heterocycles. The Balaban J connectivity index is 4.49. The van der Waals surface area contributed by atoms with Crippen molar-refractivity contribution < 1.29 is 4.79 Å². The first-order chi connectivity index (χ1) is 8.96. The molecule has 3 N–H and O–H groups in total. The van der Waals surface area contributed by atoms with E-state index in [-0.39, 0.29) is 18.1 Å². The number of hydrogen-bond acceptors (Lipinski definition) is 4. The standard InChI is InChI=1S/C15H28N2OS/c1-6-15(12(4)14(16)7-8-19-5)17-13(10-18)9-11(2)3/h6,10-11,13-15,17H,1,4,7-9,16H2,2-3,5H3/t13-,14-,15-/m0/s1. The third-order valence-corrected chi connectivity index (χ3v) is 3.67. The maximum atomic E-state index is 11.1. The van der Waals surface area contributed by atoms with E-state index in [0.29, 0.717) is 5.92 Å². The molecule has 0 amide bonds. The molecule has 0 aromatic carbocycles. The minimum absolute atomic E-state index is 0.0608. The van der Waals surface area contributed by atoms with Gasteiger partial charge < -0.3 is 10.5 Å². The third-order valence-electron chi connectivity index (χ3n) is 3.03. The molecule has 110 valence electrons. The topological polar surface area (TPSA) is 55.1 Å². The van der Waals surface area contributed by atoms with Gasteiger partial charge in [0.15, 0.2) is 0 Å². The Morgan fingerprint density at radius 1 is 1.47 bits per heavy atom. The lowest BCUT2D eigenvalue weighted by Gasteiger charge is -2.26. The first kappa shape index (κ1) is 18.4. The zero-order valence-corrected chi connectivity index (χ0v) is 13.2. The van der Waals surface area contributed by atoms with Gasteiger partial charge >= 0.3 is 0 Å². The predicted octanol–water partition coefficient (Wildman–Crippen LogP) is 2.38. The lowest BCUT2D eigenvalue weighted by atomic mass is 9.97. The molecule has 0 unspecified atom stereocenters. The second-order valence-electron chi connectivity index (χ2n) is 5.22. The highest BCUT2D eigenvalue weighted by Crippen LogP contribution is 2.13. The van der Waals surface area contributed by atoms with E-state index in [2.05, 4.69) is 38.6 Å². The summed E-state index contributed by atoms with van der Waals surface area (Å²) in [5, 5.41) is 3.27. The predicted molar refractivity (Wildman–Crippen MR) is 86.5 cm³/mol. The van der Waals surface area contributed by atoms with Crippen LogP contribution < -0.4 is 11.1 Å². The van der Waals surface area contributed by atoms with Crippen LogP contribution in [-0.4, -0.2) is 36.4 Å². The average Bonchev–Trinajstić information content (AvgIpc) is 2.39. The smallest absolute Gasteiger partial charge is 0.136 e. The fourth-order valence-corrected chi connectivity index (χ4v) is 2.38. The van der Waals surface area contributed by atoms with Crippen molar-refractivity contribution >= 4 is 18.0 Å². The maximum Gasteiger partial charge on any atom is 0.136 e. The van der Waals surface area contributed by atoms with Crippen LogP contribution in [0.15, 0.2) is 24.8 Å². The van der Waals surface area contributed by atoms with Crippen LogP contribution in [-0.2, 0) is 4.79 Å². The quantitative estimate of drug-likeness (QED) is 0.452. The highest BCUT2D eigenvalue weighted by Gasteiger charge is 2.19. The molecule has 19 heavy (non-hydrogen) atoms. The molecule has 0 spiro atoms. The Kier molecular flexibility index (Phi) is 9.92. The second-order valence-corrected chi connectivity index (χ2v) is 6.20. The molecule has 0 aromatic rings. The molecule has 0 aliphatic heterocycles. The van der Waals surface area contributed by atoms with E-state index < -0.39 is 0 Å². The number of thioether (sulfide) groups is 1. The van der Waals surface area contributed by atoms with Gasteiger partial charge in [0.05, 0.1) is 6.04 Å². The first-order valence-electron chi connectivity index (χ1n) is 6.73. The minimum atomic E-state index is -0.174. The molecule has 0 saturated carbocycles. The van der Waals surface area contributed by atoms with Gasteiger partial charge in [0.1, 0.15) is 6.29 Å². The lowest BCUT2D eigenvalue weighted by Crippen LogP contribution is -2.43. The van der Waals surface area contributed by atoms with Gasteiger partial charge in [0.25, 0.3) is 0 Å². The zero-order chi connectivity index (χ0) is 14.8. The van der Waals surface area contributed by atoms with Crippen LogP contribution in [0, 0.1) is 5.92 Å². The fraction of sp³-hybridized carbons (Fsp3) is 0.667. The molecule has 0 heterocycles. The van der Waals surface area contributed by atoms with E-state index in [4.69, 9.17) is 5.73 Å². The van der Waals surface area contributed by atoms with E-state index in [9.17, 15) is 4.79 Å². The Hall–Kier alpha value is -0.580. The van der Waals surface area contributed by atoms with Gasteiger partial charge in [-0.15, -0.1) is 6.58 Å². The molecule has 0 radical (unpaired) electrons. The number of nitrogens with one attached hydrogen (secondary N) is 1. The fourth-order valence-electron chi connectivity index (χ4n) is 1.89. The van der Waals surface area contributed by atoms with Crippen molar-refractivity contribution in [3.8, 4) is 0 Å². The normalized spacial score (nSPS) is 15.8. The summed E-state index contributed by atoms with van der Waals surface area (Å²) in [7, 11) is 0. The van der Waals surface area contributed by atoms with Gasteiger partial charge in [-0.3, -0.25) is 5.32 Å². The molecule has 3 nitrogen and oxygen atoms in total. The summed E-state index contributed by atoms with van der Waals surface area (Å²) in [5.41, 5.74) is 7.01. The van der Waals surface area contributed by atoms with Crippen LogP contribution in [0.25, 0.3) is 0 Å². The summed E-state index contributed by atoms with van der Waals surface area (Å²) in [4.78, 5) is 11.1. The van der Waals surface area contributed by atoms with E-state index in [1.807, 2.05) is 0 Å². The van der Waals surface area contributed by atoms with Crippen LogP contribution in [0.3, 0.4) is 0 Å². The molecule has 0 aromatic heterocycles. The molecule has 0 fully saturated rings. The molecule has 0 aliphatic rings. The van der Waals surface area contributed by atoms with Crippen LogP contribution in [0.5, 0.6) is 0 Å². The Morgan fingerprint density at radius 3 is 2.53 bits per heavy atom. The third kappa shape index (κ3) is 7.55. The average molecular weight is 284 g/mol. The number of hydrogen-bond donors (Lipinski definition) is 2. The van der Waals surface area contributed by atoms with Gasteiger partial charge in [-0.2, -0.15) is 11.8 Å². The van der Waals surface area contributed by atoms with Crippen LogP contribution >= 0.6 is 11.8 Å². The molecule has 0 rings (SSSR count). The molecular weight excluding hydrogens is 256 g/mol. The molecule has 0 bridgehead atoms. The number of carbonyl (C=O) groups excluding carboxylic acids is 1. The monoisotopic (exact) mass is 284 g/mol. The first-order valence-corrected chi connectivity index (χ1v) is 8.12. The molecule has 4 heteroatoms. The number of carbonyl (C=O) groups is 1.